The Morgan fingerprint density at radius 3 is 2.55 bits per heavy atom. The first-order valence-corrected chi connectivity index (χ1v) is 10.9. The Morgan fingerprint density at radius 1 is 1.14 bits per heavy atom. The molecule has 0 aliphatic heterocycles. The Morgan fingerprint density at radius 2 is 1.90 bits per heavy atom. The number of furan rings is 1. The van der Waals surface area contributed by atoms with E-state index in [1.165, 1.54) is 30.5 Å². The maximum absolute atomic E-state index is 12.3. The van der Waals surface area contributed by atoms with Crippen molar-refractivity contribution < 1.29 is 22.4 Å². The highest BCUT2D eigenvalue weighted by atomic mass is 79.9. The van der Waals surface area contributed by atoms with E-state index in [-0.39, 0.29) is 24.0 Å². The number of anilines is 1. The number of halogens is 1. The van der Waals surface area contributed by atoms with Gasteiger partial charge in [-0.3, -0.25) is 4.79 Å². The van der Waals surface area contributed by atoms with Gasteiger partial charge >= 0.3 is 0 Å². The number of hydrogen-bond acceptors (Lipinski definition) is 5. The number of carbonyl (C=O) groups is 1. The van der Waals surface area contributed by atoms with Crippen LogP contribution in [0, 0.1) is 6.92 Å². The van der Waals surface area contributed by atoms with E-state index in [0.29, 0.717) is 17.2 Å². The van der Waals surface area contributed by atoms with Crippen LogP contribution in [0.1, 0.15) is 11.3 Å². The van der Waals surface area contributed by atoms with Crippen LogP contribution < -0.4 is 14.8 Å². The third kappa shape index (κ3) is 5.93. The van der Waals surface area contributed by atoms with E-state index in [1.54, 1.807) is 18.2 Å². The number of nitrogens with one attached hydrogen (secondary N) is 2. The first-order valence-electron chi connectivity index (χ1n) is 8.64. The van der Waals surface area contributed by atoms with Gasteiger partial charge in [-0.25, -0.2) is 13.1 Å². The van der Waals surface area contributed by atoms with Gasteiger partial charge in [0.05, 0.1) is 17.7 Å². The van der Waals surface area contributed by atoms with Crippen LogP contribution in [-0.2, 0) is 21.4 Å². The van der Waals surface area contributed by atoms with Crippen molar-refractivity contribution in [3.8, 4) is 5.75 Å². The van der Waals surface area contributed by atoms with Gasteiger partial charge in [0.15, 0.2) is 6.61 Å². The van der Waals surface area contributed by atoms with Crippen molar-refractivity contribution in [2.45, 2.75) is 18.4 Å². The predicted molar refractivity (Wildman–Crippen MR) is 112 cm³/mol. The first kappa shape index (κ1) is 21.1. The summed E-state index contributed by atoms with van der Waals surface area (Å²) in [6, 6.07) is 14.7. The quantitative estimate of drug-likeness (QED) is 0.512. The lowest BCUT2D eigenvalue weighted by Crippen LogP contribution is -2.23. The van der Waals surface area contributed by atoms with E-state index in [2.05, 4.69) is 26.0 Å². The summed E-state index contributed by atoms with van der Waals surface area (Å²) in [5.74, 6) is 0.782. The molecule has 0 fully saturated rings. The fraction of sp³-hybridized carbons (Fsp3) is 0.150. The molecule has 0 spiro atoms. The molecule has 1 amide bonds. The third-order valence-corrected chi connectivity index (χ3v) is 5.87. The number of aryl methyl sites for hydroxylation is 1. The molecule has 3 rings (SSSR count). The fourth-order valence-electron chi connectivity index (χ4n) is 2.50. The minimum absolute atomic E-state index is 0.0562. The molecule has 0 saturated heterocycles. The van der Waals surface area contributed by atoms with Crippen molar-refractivity contribution >= 4 is 37.5 Å². The summed E-state index contributed by atoms with van der Waals surface area (Å²) in [6.45, 7) is 1.78. The van der Waals surface area contributed by atoms with Gasteiger partial charge in [-0.15, -0.1) is 0 Å². The zero-order valence-electron chi connectivity index (χ0n) is 15.5. The number of rotatable bonds is 8. The summed E-state index contributed by atoms with van der Waals surface area (Å²) in [5.41, 5.74) is 1.37. The molecule has 2 N–H and O–H groups in total. The van der Waals surface area contributed by atoms with Gasteiger partial charge in [0, 0.05) is 10.2 Å². The third-order valence-electron chi connectivity index (χ3n) is 3.96. The van der Waals surface area contributed by atoms with E-state index < -0.39 is 10.0 Å². The SMILES string of the molecule is Cc1cc(Br)ccc1OCC(=O)Nc1ccc(S(=O)(=O)NCc2ccco2)cc1. The molecule has 1 heterocycles. The van der Waals surface area contributed by atoms with Crippen molar-refractivity contribution in [1.82, 2.24) is 4.72 Å². The standard InChI is InChI=1S/C20H19BrN2O5S/c1-14-11-15(21)4-9-19(14)28-13-20(24)23-16-5-7-18(8-6-16)29(25,26)22-12-17-3-2-10-27-17/h2-11,22H,12-13H2,1H3,(H,23,24). The van der Waals surface area contributed by atoms with E-state index in [0.717, 1.165) is 10.0 Å². The zero-order valence-corrected chi connectivity index (χ0v) is 17.9. The second kappa shape index (κ2) is 9.25. The summed E-state index contributed by atoms with van der Waals surface area (Å²) in [7, 11) is -3.69. The molecule has 0 aliphatic rings. The summed E-state index contributed by atoms with van der Waals surface area (Å²) in [5, 5.41) is 2.67. The second-order valence-corrected chi connectivity index (χ2v) is 8.86. The largest absolute Gasteiger partial charge is 0.483 e. The van der Waals surface area contributed by atoms with Gasteiger partial charge < -0.3 is 14.5 Å². The molecule has 3 aromatic rings. The molecular formula is C20H19BrN2O5S. The molecule has 152 valence electrons. The van der Waals surface area contributed by atoms with Crippen molar-refractivity contribution in [2.24, 2.45) is 0 Å². The van der Waals surface area contributed by atoms with Crippen molar-refractivity contribution in [3.05, 3.63) is 76.7 Å². The van der Waals surface area contributed by atoms with Gasteiger partial charge in [-0.1, -0.05) is 15.9 Å². The first-order chi connectivity index (χ1) is 13.8. The topological polar surface area (TPSA) is 97.6 Å². The van der Waals surface area contributed by atoms with Gasteiger partial charge in [-0.2, -0.15) is 0 Å². The van der Waals surface area contributed by atoms with Crippen LogP contribution in [0.5, 0.6) is 5.75 Å². The lowest BCUT2D eigenvalue weighted by molar-refractivity contribution is -0.118. The lowest BCUT2D eigenvalue weighted by atomic mass is 10.2. The number of ether oxygens (including phenoxy) is 1. The molecule has 0 unspecified atom stereocenters. The van der Waals surface area contributed by atoms with E-state index in [4.69, 9.17) is 9.15 Å². The van der Waals surface area contributed by atoms with Crippen molar-refractivity contribution in [3.63, 3.8) is 0 Å². The van der Waals surface area contributed by atoms with Gasteiger partial charge in [-0.05, 0) is 67.1 Å². The van der Waals surface area contributed by atoms with Gasteiger partial charge in [0.1, 0.15) is 11.5 Å². The Balaban J connectivity index is 1.54. The van der Waals surface area contributed by atoms with Crippen LogP contribution in [0.2, 0.25) is 0 Å². The zero-order chi connectivity index (χ0) is 20.9. The molecule has 2 aromatic carbocycles. The molecule has 0 atom stereocenters. The van der Waals surface area contributed by atoms with Crippen LogP contribution >= 0.6 is 15.9 Å². The van der Waals surface area contributed by atoms with Crippen molar-refractivity contribution in [2.75, 3.05) is 11.9 Å². The second-order valence-electron chi connectivity index (χ2n) is 6.17. The summed E-state index contributed by atoms with van der Waals surface area (Å²) >= 11 is 3.37. The summed E-state index contributed by atoms with van der Waals surface area (Å²) < 4.78 is 38.6. The van der Waals surface area contributed by atoms with Crippen LogP contribution in [0.4, 0.5) is 5.69 Å². The highest BCUT2D eigenvalue weighted by molar-refractivity contribution is 9.10. The monoisotopic (exact) mass is 478 g/mol. The molecule has 0 bridgehead atoms. The molecule has 1 aromatic heterocycles. The van der Waals surface area contributed by atoms with Gasteiger partial charge in [0.2, 0.25) is 10.0 Å². The molecule has 0 radical (unpaired) electrons. The Bertz CT molecular complexity index is 1080. The van der Waals surface area contributed by atoms with Gasteiger partial charge in [0.25, 0.3) is 5.91 Å². The van der Waals surface area contributed by atoms with Crippen LogP contribution in [-0.4, -0.2) is 20.9 Å². The fourth-order valence-corrected chi connectivity index (χ4v) is 3.96. The normalized spacial score (nSPS) is 11.2. The molecular weight excluding hydrogens is 460 g/mol. The minimum Gasteiger partial charge on any atom is -0.483 e. The molecule has 7 nitrogen and oxygen atoms in total. The molecule has 0 aliphatic carbocycles. The van der Waals surface area contributed by atoms with Crippen LogP contribution in [0.15, 0.2) is 74.6 Å². The average molecular weight is 479 g/mol. The number of amides is 1. The van der Waals surface area contributed by atoms with E-state index in [1.807, 2.05) is 19.1 Å². The number of sulfonamides is 1. The highest BCUT2D eigenvalue weighted by Crippen LogP contribution is 2.22. The van der Waals surface area contributed by atoms with E-state index in [9.17, 15) is 13.2 Å². The Hall–Kier alpha value is -2.62. The maximum Gasteiger partial charge on any atom is 0.262 e. The maximum atomic E-state index is 12.3. The van der Waals surface area contributed by atoms with Crippen molar-refractivity contribution in [1.29, 1.82) is 0 Å². The molecule has 29 heavy (non-hydrogen) atoms. The highest BCUT2D eigenvalue weighted by Gasteiger charge is 2.14. The molecule has 0 saturated carbocycles. The van der Waals surface area contributed by atoms with Crippen LogP contribution in [0.25, 0.3) is 0 Å². The predicted octanol–water partition coefficient (Wildman–Crippen LogP) is 3.85. The lowest BCUT2D eigenvalue weighted by Gasteiger charge is -2.10. The number of benzene rings is 2. The number of hydrogen-bond donors (Lipinski definition) is 2. The average Bonchev–Trinajstić information content (AvgIpc) is 3.20. The minimum atomic E-state index is -3.69. The summed E-state index contributed by atoms with van der Waals surface area (Å²) in [4.78, 5) is 12.2. The number of carbonyl (C=O) groups excluding carboxylic acids is 1. The molecule has 9 heteroatoms. The smallest absolute Gasteiger partial charge is 0.262 e. The van der Waals surface area contributed by atoms with E-state index >= 15 is 0 Å². The van der Waals surface area contributed by atoms with Crippen LogP contribution in [0.3, 0.4) is 0 Å². The Kier molecular flexibility index (Phi) is 6.73. The summed E-state index contributed by atoms with van der Waals surface area (Å²) in [6.07, 6.45) is 1.48. The Labute approximate surface area is 177 Å².